The zero-order valence-corrected chi connectivity index (χ0v) is 11.5. The van der Waals surface area contributed by atoms with Gasteiger partial charge >= 0.3 is 0 Å². The molecule has 1 aromatic carbocycles. The van der Waals surface area contributed by atoms with Crippen molar-refractivity contribution >= 4 is 29.1 Å². The number of hydrogen-bond donors (Lipinski definition) is 3. The molecule has 1 aliphatic heterocycles. The lowest BCUT2D eigenvalue weighted by Crippen LogP contribution is -3.16. The van der Waals surface area contributed by atoms with Crippen molar-refractivity contribution in [2.45, 2.75) is 6.92 Å². The van der Waals surface area contributed by atoms with Gasteiger partial charge in [-0.05, 0) is 24.6 Å². The topological polar surface area (TPSA) is 62.6 Å². The number of carbonyl (C=O) groups is 2. The molecule has 0 spiro atoms. The van der Waals surface area contributed by atoms with E-state index in [1.54, 1.807) is 6.07 Å². The predicted molar refractivity (Wildman–Crippen MR) is 73.4 cm³/mol. The van der Waals surface area contributed by atoms with Gasteiger partial charge in [0, 0.05) is 10.7 Å². The van der Waals surface area contributed by atoms with E-state index < -0.39 is 0 Å². The van der Waals surface area contributed by atoms with Crippen LogP contribution in [0.3, 0.4) is 0 Å². The molecule has 5 nitrogen and oxygen atoms in total. The Labute approximate surface area is 116 Å². The minimum atomic E-state index is -0.107. The standard InChI is InChI=1S/C13H16ClN3O2/c1-9-2-3-10(6-11(9)14)16-13(19)8-17-5-4-15-12(18)7-17/h2-3,6H,4-5,7-8H2,1H3,(H,15,18)(H,16,19)/p+1. The van der Waals surface area contributed by atoms with E-state index in [0.29, 0.717) is 30.3 Å². The Hall–Kier alpha value is -1.59. The third-order valence-corrected chi connectivity index (χ3v) is 3.48. The first kappa shape index (κ1) is 13.8. The third kappa shape index (κ3) is 3.94. The number of hydrogen-bond acceptors (Lipinski definition) is 2. The van der Waals surface area contributed by atoms with Crippen LogP contribution in [0.1, 0.15) is 5.56 Å². The number of aryl methyl sites for hydroxylation is 1. The van der Waals surface area contributed by atoms with Gasteiger partial charge in [-0.1, -0.05) is 17.7 Å². The summed E-state index contributed by atoms with van der Waals surface area (Å²) in [4.78, 5) is 24.1. The smallest absolute Gasteiger partial charge is 0.279 e. The van der Waals surface area contributed by atoms with E-state index in [2.05, 4.69) is 10.6 Å². The first-order valence-electron chi connectivity index (χ1n) is 6.21. The summed E-state index contributed by atoms with van der Waals surface area (Å²) in [5.74, 6) is -0.114. The molecule has 1 heterocycles. The molecule has 2 amide bonds. The van der Waals surface area contributed by atoms with Crippen LogP contribution in [0.25, 0.3) is 0 Å². The predicted octanol–water partition coefficient (Wildman–Crippen LogP) is -0.398. The molecule has 0 saturated carbocycles. The van der Waals surface area contributed by atoms with E-state index in [1.165, 1.54) is 0 Å². The molecule has 1 fully saturated rings. The Kier molecular flexibility index (Phi) is 4.39. The quantitative estimate of drug-likeness (QED) is 0.707. The van der Waals surface area contributed by atoms with E-state index in [1.807, 2.05) is 19.1 Å². The van der Waals surface area contributed by atoms with Gasteiger partial charge in [-0.15, -0.1) is 0 Å². The summed E-state index contributed by atoms with van der Waals surface area (Å²) in [7, 11) is 0. The van der Waals surface area contributed by atoms with Crippen LogP contribution in [-0.4, -0.2) is 38.0 Å². The molecule has 19 heavy (non-hydrogen) atoms. The molecule has 102 valence electrons. The van der Waals surface area contributed by atoms with E-state index in [9.17, 15) is 9.59 Å². The second kappa shape index (κ2) is 6.04. The molecule has 1 unspecified atom stereocenters. The Morgan fingerprint density at radius 3 is 3.00 bits per heavy atom. The minimum Gasteiger partial charge on any atom is -0.346 e. The third-order valence-electron chi connectivity index (χ3n) is 3.08. The van der Waals surface area contributed by atoms with Gasteiger partial charge in [0.1, 0.15) is 0 Å². The highest BCUT2D eigenvalue weighted by atomic mass is 35.5. The van der Waals surface area contributed by atoms with Gasteiger partial charge in [-0.25, -0.2) is 0 Å². The first-order valence-corrected chi connectivity index (χ1v) is 6.58. The van der Waals surface area contributed by atoms with Gasteiger partial charge in [0.2, 0.25) is 0 Å². The molecule has 1 atom stereocenters. The molecule has 0 bridgehead atoms. The second-order valence-electron chi connectivity index (χ2n) is 4.72. The molecule has 3 N–H and O–H groups in total. The Morgan fingerprint density at radius 2 is 2.32 bits per heavy atom. The van der Waals surface area contributed by atoms with Crippen molar-refractivity contribution < 1.29 is 14.5 Å². The molecular weight excluding hydrogens is 266 g/mol. The lowest BCUT2D eigenvalue weighted by Gasteiger charge is -2.22. The molecule has 0 radical (unpaired) electrons. The van der Waals surface area contributed by atoms with Crippen LogP contribution in [0.15, 0.2) is 18.2 Å². The van der Waals surface area contributed by atoms with Gasteiger partial charge in [-0.3, -0.25) is 9.59 Å². The number of carbonyl (C=O) groups excluding carboxylic acids is 2. The number of halogens is 1. The van der Waals surface area contributed by atoms with Crippen molar-refractivity contribution in [1.29, 1.82) is 0 Å². The lowest BCUT2D eigenvalue weighted by molar-refractivity contribution is -0.885. The van der Waals surface area contributed by atoms with Crippen molar-refractivity contribution in [3.05, 3.63) is 28.8 Å². The fourth-order valence-electron chi connectivity index (χ4n) is 2.01. The molecule has 1 saturated heterocycles. The first-order chi connectivity index (χ1) is 9.04. The van der Waals surface area contributed by atoms with E-state index in [0.717, 1.165) is 17.0 Å². The average molecular weight is 283 g/mol. The van der Waals surface area contributed by atoms with Crippen molar-refractivity contribution in [3.8, 4) is 0 Å². The van der Waals surface area contributed by atoms with Gasteiger partial charge in [-0.2, -0.15) is 0 Å². The zero-order valence-electron chi connectivity index (χ0n) is 10.8. The van der Waals surface area contributed by atoms with Gasteiger partial charge in [0.25, 0.3) is 11.8 Å². The number of quaternary nitrogens is 1. The van der Waals surface area contributed by atoms with Crippen molar-refractivity contribution in [2.24, 2.45) is 0 Å². The second-order valence-corrected chi connectivity index (χ2v) is 5.12. The Morgan fingerprint density at radius 1 is 1.53 bits per heavy atom. The summed E-state index contributed by atoms with van der Waals surface area (Å²) in [6.07, 6.45) is 0. The number of rotatable bonds is 3. The fraction of sp³-hybridized carbons (Fsp3) is 0.385. The van der Waals surface area contributed by atoms with Crippen LogP contribution in [0.5, 0.6) is 0 Å². The summed E-state index contributed by atoms with van der Waals surface area (Å²) in [6, 6.07) is 5.41. The summed E-state index contributed by atoms with van der Waals surface area (Å²) < 4.78 is 0. The normalized spacial score (nSPS) is 18.8. The van der Waals surface area contributed by atoms with Crippen LogP contribution < -0.4 is 15.5 Å². The zero-order chi connectivity index (χ0) is 13.8. The van der Waals surface area contributed by atoms with E-state index in [-0.39, 0.29) is 11.8 Å². The summed E-state index contributed by atoms with van der Waals surface area (Å²) in [5, 5.41) is 6.16. The highest BCUT2D eigenvalue weighted by Crippen LogP contribution is 2.19. The maximum atomic E-state index is 11.9. The van der Waals surface area contributed by atoms with Crippen LogP contribution in [-0.2, 0) is 9.59 Å². The highest BCUT2D eigenvalue weighted by molar-refractivity contribution is 6.31. The monoisotopic (exact) mass is 282 g/mol. The number of piperazine rings is 1. The van der Waals surface area contributed by atoms with Crippen LogP contribution in [0, 0.1) is 6.92 Å². The lowest BCUT2D eigenvalue weighted by atomic mass is 10.2. The summed E-state index contributed by atoms with van der Waals surface area (Å²) in [5.41, 5.74) is 1.65. The largest absolute Gasteiger partial charge is 0.346 e. The minimum absolute atomic E-state index is 0.00701. The van der Waals surface area contributed by atoms with Crippen molar-refractivity contribution in [1.82, 2.24) is 5.32 Å². The van der Waals surface area contributed by atoms with E-state index in [4.69, 9.17) is 11.6 Å². The maximum absolute atomic E-state index is 11.9. The van der Waals surface area contributed by atoms with Gasteiger partial charge in [0.05, 0.1) is 13.1 Å². The Balaban J connectivity index is 1.90. The maximum Gasteiger partial charge on any atom is 0.279 e. The van der Waals surface area contributed by atoms with Crippen LogP contribution >= 0.6 is 11.6 Å². The molecule has 6 heteroatoms. The van der Waals surface area contributed by atoms with Crippen LogP contribution in [0.4, 0.5) is 5.69 Å². The number of amides is 2. The van der Waals surface area contributed by atoms with Gasteiger partial charge in [0.15, 0.2) is 13.1 Å². The number of nitrogens with one attached hydrogen (secondary N) is 3. The van der Waals surface area contributed by atoms with Crippen LogP contribution in [0.2, 0.25) is 5.02 Å². The average Bonchev–Trinajstić information content (AvgIpc) is 2.34. The molecule has 1 aliphatic rings. The SMILES string of the molecule is Cc1ccc(NC(=O)C[NH+]2CCNC(=O)C2)cc1Cl. The fourth-order valence-corrected chi connectivity index (χ4v) is 2.19. The van der Waals surface area contributed by atoms with Crippen molar-refractivity contribution in [2.75, 3.05) is 31.5 Å². The Bertz CT molecular complexity index is 505. The summed E-state index contributed by atoms with van der Waals surface area (Å²) in [6.45, 7) is 3.94. The number of anilines is 1. The highest BCUT2D eigenvalue weighted by Gasteiger charge is 2.22. The molecular formula is C13H17ClN3O2+. The van der Waals surface area contributed by atoms with Gasteiger partial charge < -0.3 is 15.5 Å². The molecule has 1 aromatic rings. The number of benzene rings is 1. The summed E-state index contributed by atoms with van der Waals surface area (Å²) >= 11 is 6.00. The van der Waals surface area contributed by atoms with E-state index >= 15 is 0 Å². The van der Waals surface area contributed by atoms with Crippen molar-refractivity contribution in [3.63, 3.8) is 0 Å². The molecule has 0 aromatic heterocycles. The molecule has 2 rings (SSSR count). The molecule has 0 aliphatic carbocycles.